The number of hydrogen-bond acceptors (Lipinski definition) is 3. The predicted molar refractivity (Wildman–Crippen MR) is 71.1 cm³/mol. The summed E-state index contributed by atoms with van der Waals surface area (Å²) in [5, 5.41) is 3.40. The lowest BCUT2D eigenvalue weighted by Crippen LogP contribution is -2.25. The van der Waals surface area contributed by atoms with Crippen molar-refractivity contribution in [2.45, 2.75) is 26.7 Å². The van der Waals surface area contributed by atoms with Crippen LogP contribution in [-0.2, 0) is 11.2 Å². The zero-order valence-corrected chi connectivity index (χ0v) is 11.0. The van der Waals surface area contributed by atoms with Crippen LogP contribution < -0.4 is 5.32 Å². The van der Waals surface area contributed by atoms with Gasteiger partial charge in [-0.05, 0) is 37.6 Å². The van der Waals surface area contributed by atoms with Crippen LogP contribution in [-0.4, -0.2) is 31.3 Å². The second-order valence-corrected chi connectivity index (χ2v) is 4.46. The largest absolute Gasteiger partial charge is 0.381 e. The first kappa shape index (κ1) is 14.1. The first-order chi connectivity index (χ1) is 8.33. The van der Waals surface area contributed by atoms with Crippen molar-refractivity contribution in [3.05, 3.63) is 30.1 Å². The van der Waals surface area contributed by atoms with E-state index in [0.717, 1.165) is 38.4 Å². The van der Waals surface area contributed by atoms with Gasteiger partial charge < -0.3 is 10.1 Å². The fraction of sp³-hybridized carbons (Fsp3) is 0.643. The Balaban J connectivity index is 2.00. The Kier molecular flexibility index (Phi) is 7.60. The lowest BCUT2D eigenvalue weighted by molar-refractivity contribution is 0.106. The molecule has 0 aliphatic rings. The molecule has 0 aliphatic heterocycles. The molecule has 1 atom stereocenters. The Hall–Kier alpha value is -0.930. The molecule has 1 unspecified atom stereocenters. The van der Waals surface area contributed by atoms with Gasteiger partial charge >= 0.3 is 0 Å². The molecule has 3 heteroatoms. The molecule has 0 bridgehead atoms. The van der Waals surface area contributed by atoms with E-state index in [1.165, 1.54) is 6.42 Å². The highest BCUT2D eigenvalue weighted by atomic mass is 16.5. The van der Waals surface area contributed by atoms with Gasteiger partial charge in [0.1, 0.15) is 0 Å². The van der Waals surface area contributed by atoms with Gasteiger partial charge in [0.15, 0.2) is 0 Å². The Bertz CT molecular complexity index is 277. The quantitative estimate of drug-likeness (QED) is 0.668. The number of aromatic nitrogens is 1. The van der Waals surface area contributed by atoms with Crippen molar-refractivity contribution in [1.29, 1.82) is 0 Å². The molecule has 3 nitrogen and oxygen atoms in total. The fourth-order valence-electron chi connectivity index (χ4n) is 1.59. The summed E-state index contributed by atoms with van der Waals surface area (Å²) in [5.74, 6) is 0.574. The van der Waals surface area contributed by atoms with Gasteiger partial charge in [-0.2, -0.15) is 0 Å². The van der Waals surface area contributed by atoms with Gasteiger partial charge in [-0.15, -0.1) is 0 Å². The number of hydrogen-bond donors (Lipinski definition) is 1. The van der Waals surface area contributed by atoms with E-state index in [9.17, 15) is 0 Å². The third kappa shape index (κ3) is 7.08. The van der Waals surface area contributed by atoms with Crippen LogP contribution in [0.25, 0.3) is 0 Å². The van der Waals surface area contributed by atoms with E-state index >= 15 is 0 Å². The molecule has 0 aliphatic carbocycles. The van der Waals surface area contributed by atoms with E-state index < -0.39 is 0 Å². The number of rotatable bonds is 9. The first-order valence-corrected chi connectivity index (χ1v) is 6.51. The van der Waals surface area contributed by atoms with Crippen molar-refractivity contribution >= 4 is 0 Å². The van der Waals surface area contributed by atoms with Crippen LogP contribution in [0.3, 0.4) is 0 Å². The average molecular weight is 236 g/mol. The molecule has 0 amide bonds. The number of nitrogens with zero attached hydrogens (tertiary/aromatic N) is 1. The predicted octanol–water partition coefficient (Wildman–Crippen LogP) is 2.28. The number of ether oxygens (including phenoxy) is 1. The smallest absolute Gasteiger partial charge is 0.0521 e. The Morgan fingerprint density at radius 1 is 1.41 bits per heavy atom. The molecule has 96 valence electrons. The standard InChI is InChI=1S/C14H24N2O/c1-3-8-15-11-13(2)12-17-10-7-14-6-4-5-9-16-14/h4-6,9,13,15H,3,7-8,10-12H2,1-2H3. The summed E-state index contributed by atoms with van der Waals surface area (Å²) >= 11 is 0. The molecule has 1 aromatic heterocycles. The van der Waals surface area contributed by atoms with Gasteiger partial charge in [-0.3, -0.25) is 4.98 Å². The minimum absolute atomic E-state index is 0.574. The van der Waals surface area contributed by atoms with Crippen LogP contribution >= 0.6 is 0 Å². The van der Waals surface area contributed by atoms with Gasteiger partial charge in [-0.25, -0.2) is 0 Å². The second kappa shape index (κ2) is 9.14. The Morgan fingerprint density at radius 3 is 3.00 bits per heavy atom. The molecular formula is C14H24N2O. The minimum atomic E-state index is 0.574. The monoisotopic (exact) mass is 236 g/mol. The fourth-order valence-corrected chi connectivity index (χ4v) is 1.59. The van der Waals surface area contributed by atoms with Crippen molar-refractivity contribution in [3.8, 4) is 0 Å². The van der Waals surface area contributed by atoms with E-state index in [1.807, 2.05) is 24.4 Å². The molecule has 1 aromatic rings. The lowest BCUT2D eigenvalue weighted by atomic mass is 10.2. The van der Waals surface area contributed by atoms with E-state index in [2.05, 4.69) is 24.1 Å². The molecule has 1 rings (SSSR count). The maximum atomic E-state index is 5.65. The molecule has 0 spiro atoms. The highest BCUT2D eigenvalue weighted by molar-refractivity contribution is 5.03. The molecule has 0 fully saturated rings. The minimum Gasteiger partial charge on any atom is -0.381 e. The number of pyridine rings is 1. The summed E-state index contributed by atoms with van der Waals surface area (Å²) in [6.45, 7) is 8.11. The third-order valence-electron chi connectivity index (χ3n) is 2.55. The van der Waals surface area contributed by atoms with E-state index in [4.69, 9.17) is 4.74 Å². The van der Waals surface area contributed by atoms with E-state index in [1.54, 1.807) is 0 Å². The molecule has 0 aromatic carbocycles. The highest BCUT2D eigenvalue weighted by Crippen LogP contribution is 1.98. The summed E-state index contributed by atoms with van der Waals surface area (Å²) in [6, 6.07) is 5.99. The normalized spacial score (nSPS) is 12.6. The molecule has 0 radical (unpaired) electrons. The van der Waals surface area contributed by atoms with Crippen LogP contribution in [0, 0.1) is 5.92 Å². The van der Waals surface area contributed by atoms with Crippen molar-refractivity contribution in [2.75, 3.05) is 26.3 Å². The zero-order chi connectivity index (χ0) is 12.3. The molecular weight excluding hydrogens is 212 g/mol. The zero-order valence-electron chi connectivity index (χ0n) is 11.0. The van der Waals surface area contributed by atoms with Crippen LogP contribution in [0.1, 0.15) is 26.0 Å². The summed E-state index contributed by atoms with van der Waals surface area (Å²) in [7, 11) is 0. The number of nitrogens with one attached hydrogen (secondary N) is 1. The summed E-state index contributed by atoms with van der Waals surface area (Å²) in [4.78, 5) is 4.26. The van der Waals surface area contributed by atoms with Gasteiger partial charge in [-0.1, -0.05) is 19.9 Å². The summed E-state index contributed by atoms with van der Waals surface area (Å²) in [6.07, 6.45) is 3.91. The van der Waals surface area contributed by atoms with Crippen molar-refractivity contribution in [3.63, 3.8) is 0 Å². The van der Waals surface area contributed by atoms with E-state index in [0.29, 0.717) is 5.92 Å². The van der Waals surface area contributed by atoms with Gasteiger partial charge in [0.25, 0.3) is 0 Å². The summed E-state index contributed by atoms with van der Waals surface area (Å²) in [5.41, 5.74) is 1.10. The second-order valence-electron chi connectivity index (χ2n) is 4.46. The van der Waals surface area contributed by atoms with Gasteiger partial charge in [0, 0.05) is 18.3 Å². The van der Waals surface area contributed by atoms with Crippen LogP contribution in [0.2, 0.25) is 0 Å². The Labute approximate surface area is 105 Å². The molecule has 17 heavy (non-hydrogen) atoms. The Morgan fingerprint density at radius 2 is 2.29 bits per heavy atom. The average Bonchev–Trinajstić information content (AvgIpc) is 2.36. The molecule has 0 saturated carbocycles. The maximum Gasteiger partial charge on any atom is 0.0521 e. The van der Waals surface area contributed by atoms with Crippen LogP contribution in [0.4, 0.5) is 0 Å². The van der Waals surface area contributed by atoms with Gasteiger partial charge in [0.05, 0.1) is 13.2 Å². The molecule has 1 heterocycles. The topological polar surface area (TPSA) is 34.1 Å². The maximum absolute atomic E-state index is 5.65. The van der Waals surface area contributed by atoms with Gasteiger partial charge in [0.2, 0.25) is 0 Å². The summed E-state index contributed by atoms with van der Waals surface area (Å²) < 4.78 is 5.65. The third-order valence-corrected chi connectivity index (χ3v) is 2.55. The van der Waals surface area contributed by atoms with Crippen molar-refractivity contribution in [2.24, 2.45) is 5.92 Å². The lowest BCUT2D eigenvalue weighted by Gasteiger charge is -2.12. The molecule has 1 N–H and O–H groups in total. The first-order valence-electron chi connectivity index (χ1n) is 6.51. The highest BCUT2D eigenvalue weighted by Gasteiger charge is 2.01. The SMILES string of the molecule is CCCNCC(C)COCCc1ccccn1. The molecule has 0 saturated heterocycles. The van der Waals surface area contributed by atoms with E-state index in [-0.39, 0.29) is 0 Å². The van der Waals surface area contributed by atoms with Crippen LogP contribution in [0.5, 0.6) is 0 Å². The van der Waals surface area contributed by atoms with Crippen molar-refractivity contribution < 1.29 is 4.74 Å². The van der Waals surface area contributed by atoms with Crippen LogP contribution in [0.15, 0.2) is 24.4 Å². The van der Waals surface area contributed by atoms with Crippen molar-refractivity contribution in [1.82, 2.24) is 10.3 Å².